The summed E-state index contributed by atoms with van der Waals surface area (Å²) in [4.78, 5) is 14.1. The Balaban J connectivity index is 1.83. The average molecular weight is 407 g/mol. The molecule has 1 amide bonds. The van der Waals surface area contributed by atoms with Gasteiger partial charge in [0.2, 0.25) is 0 Å². The summed E-state index contributed by atoms with van der Waals surface area (Å²) in [6.07, 6.45) is 0. The lowest BCUT2D eigenvalue weighted by Gasteiger charge is -2.16. The first-order chi connectivity index (χ1) is 12.4. The van der Waals surface area contributed by atoms with Crippen LogP contribution in [0.15, 0.2) is 58.3 Å². The number of benzene rings is 2. The zero-order chi connectivity index (χ0) is 18.7. The van der Waals surface area contributed by atoms with E-state index in [-0.39, 0.29) is 17.4 Å². The van der Waals surface area contributed by atoms with Gasteiger partial charge < -0.3 is 5.32 Å². The van der Waals surface area contributed by atoms with Crippen molar-refractivity contribution in [2.45, 2.75) is 21.2 Å². The van der Waals surface area contributed by atoms with Crippen LogP contribution in [-0.4, -0.2) is 37.2 Å². The summed E-state index contributed by atoms with van der Waals surface area (Å²) >= 11 is 7.39. The molecule has 1 aliphatic rings. The minimum absolute atomic E-state index is 0.133. The Morgan fingerprint density at radius 1 is 1.12 bits per heavy atom. The van der Waals surface area contributed by atoms with E-state index in [4.69, 9.17) is 11.6 Å². The smallest absolute Gasteiger partial charge is 0.252 e. The van der Waals surface area contributed by atoms with Gasteiger partial charge in [0.15, 0.2) is 9.84 Å². The Morgan fingerprint density at radius 3 is 2.42 bits per heavy atom. The molecule has 1 saturated heterocycles. The van der Waals surface area contributed by atoms with E-state index >= 15 is 0 Å². The van der Waals surface area contributed by atoms with Gasteiger partial charge in [0.25, 0.3) is 5.91 Å². The number of nitriles is 1. The summed E-state index contributed by atoms with van der Waals surface area (Å²) in [7, 11) is -3.23. The molecule has 0 aromatic heterocycles. The van der Waals surface area contributed by atoms with Crippen LogP contribution in [-0.2, 0) is 9.84 Å². The highest BCUT2D eigenvalue weighted by Gasteiger charge is 2.37. The highest BCUT2D eigenvalue weighted by Crippen LogP contribution is 2.32. The fraction of sp³-hybridized carbons (Fsp3) is 0.222. The Hall–Kier alpha value is -2.01. The van der Waals surface area contributed by atoms with E-state index in [1.54, 1.807) is 36.4 Å². The second kappa shape index (κ2) is 7.70. The van der Waals surface area contributed by atoms with Crippen molar-refractivity contribution < 1.29 is 13.2 Å². The maximum atomic E-state index is 12.7. The van der Waals surface area contributed by atoms with E-state index in [1.807, 2.05) is 12.1 Å². The normalized spacial score (nSPS) is 21.1. The average Bonchev–Trinajstić information content (AvgIpc) is 2.87. The molecule has 1 fully saturated rings. The van der Waals surface area contributed by atoms with Gasteiger partial charge in [0, 0.05) is 9.79 Å². The Morgan fingerprint density at radius 2 is 1.77 bits per heavy atom. The third kappa shape index (κ3) is 4.21. The van der Waals surface area contributed by atoms with Gasteiger partial charge in [-0.3, -0.25) is 4.79 Å². The molecule has 2 aromatic rings. The molecule has 0 bridgehead atoms. The van der Waals surface area contributed by atoms with Gasteiger partial charge in [-0.25, -0.2) is 8.42 Å². The van der Waals surface area contributed by atoms with Gasteiger partial charge in [0.1, 0.15) is 6.07 Å². The molecule has 2 aromatic carbocycles. The summed E-state index contributed by atoms with van der Waals surface area (Å²) in [5.74, 6) is -0.666. The van der Waals surface area contributed by atoms with Gasteiger partial charge in [0.05, 0.1) is 34.1 Å². The standard InChI is InChI=1S/C18H15ClN2O3S2/c19-14-10-26(23,24)11-15(14)21-18(22)13-6-2-4-8-17(13)25-16-7-3-1-5-12(16)9-20/h1-8,14-15H,10-11H2,(H,21,22)/t14-,15+/m0/s1. The first-order valence-corrected chi connectivity index (χ1v) is 10.9. The SMILES string of the molecule is N#Cc1ccccc1Sc1ccccc1C(=O)N[C@@H]1CS(=O)(=O)C[C@@H]1Cl. The molecule has 0 unspecified atom stereocenters. The third-order valence-corrected chi connectivity index (χ3v) is 7.49. The van der Waals surface area contributed by atoms with Crippen molar-refractivity contribution in [2.75, 3.05) is 11.5 Å². The number of sulfone groups is 1. The number of carbonyl (C=O) groups is 1. The number of nitrogens with one attached hydrogen (secondary N) is 1. The maximum absolute atomic E-state index is 12.7. The number of amides is 1. The first kappa shape index (κ1) is 18.8. The fourth-order valence-corrected chi connectivity index (χ4v) is 6.27. The molecule has 0 radical (unpaired) electrons. The Bertz CT molecular complexity index is 986. The molecule has 2 atom stereocenters. The van der Waals surface area contributed by atoms with Crippen LogP contribution in [0.3, 0.4) is 0 Å². The molecule has 8 heteroatoms. The van der Waals surface area contributed by atoms with Crippen molar-refractivity contribution in [3.8, 4) is 6.07 Å². The van der Waals surface area contributed by atoms with E-state index in [0.717, 1.165) is 4.90 Å². The van der Waals surface area contributed by atoms with E-state index in [1.165, 1.54) is 11.8 Å². The fourth-order valence-electron chi connectivity index (χ4n) is 2.69. The number of rotatable bonds is 4. The molecule has 134 valence electrons. The molecular formula is C18H15ClN2O3S2. The van der Waals surface area contributed by atoms with Crippen molar-refractivity contribution in [3.63, 3.8) is 0 Å². The van der Waals surface area contributed by atoms with Crippen molar-refractivity contribution in [1.29, 1.82) is 5.26 Å². The summed E-state index contributed by atoms with van der Waals surface area (Å²) < 4.78 is 23.4. The van der Waals surface area contributed by atoms with E-state index in [0.29, 0.717) is 16.0 Å². The maximum Gasteiger partial charge on any atom is 0.252 e. The molecule has 0 aliphatic carbocycles. The van der Waals surface area contributed by atoms with Crippen molar-refractivity contribution in [2.24, 2.45) is 0 Å². The quantitative estimate of drug-likeness (QED) is 0.789. The zero-order valence-electron chi connectivity index (χ0n) is 13.6. The molecule has 5 nitrogen and oxygen atoms in total. The molecule has 3 rings (SSSR count). The van der Waals surface area contributed by atoms with Crippen molar-refractivity contribution >= 4 is 39.1 Å². The van der Waals surface area contributed by atoms with Gasteiger partial charge in [-0.05, 0) is 24.3 Å². The van der Waals surface area contributed by atoms with Gasteiger partial charge in [-0.2, -0.15) is 5.26 Å². The van der Waals surface area contributed by atoms with Crippen LogP contribution >= 0.6 is 23.4 Å². The molecule has 0 saturated carbocycles. The minimum atomic E-state index is -3.23. The lowest BCUT2D eigenvalue weighted by molar-refractivity contribution is 0.0938. The largest absolute Gasteiger partial charge is 0.347 e. The number of alkyl halides is 1. The van der Waals surface area contributed by atoms with Gasteiger partial charge >= 0.3 is 0 Å². The van der Waals surface area contributed by atoms with E-state index < -0.39 is 21.3 Å². The number of hydrogen-bond donors (Lipinski definition) is 1. The molecule has 1 aliphatic heterocycles. The summed E-state index contributed by atoms with van der Waals surface area (Å²) in [6, 6.07) is 15.7. The molecule has 1 N–H and O–H groups in total. The Kier molecular flexibility index (Phi) is 5.56. The first-order valence-electron chi connectivity index (χ1n) is 7.81. The number of carbonyl (C=O) groups excluding carboxylic acids is 1. The van der Waals surface area contributed by atoms with Gasteiger partial charge in [-0.1, -0.05) is 36.0 Å². The van der Waals surface area contributed by atoms with Crippen LogP contribution in [0.5, 0.6) is 0 Å². The van der Waals surface area contributed by atoms with Crippen LogP contribution in [0.4, 0.5) is 0 Å². The summed E-state index contributed by atoms with van der Waals surface area (Å²) in [6.45, 7) is 0. The summed E-state index contributed by atoms with van der Waals surface area (Å²) in [5, 5.41) is 11.3. The monoisotopic (exact) mass is 406 g/mol. The van der Waals surface area contributed by atoms with Crippen LogP contribution in [0.1, 0.15) is 15.9 Å². The number of halogens is 1. The van der Waals surface area contributed by atoms with Crippen LogP contribution in [0, 0.1) is 11.3 Å². The zero-order valence-corrected chi connectivity index (χ0v) is 15.9. The second-order valence-electron chi connectivity index (χ2n) is 5.88. The lowest BCUT2D eigenvalue weighted by atomic mass is 10.2. The Labute approximate surface area is 161 Å². The molecule has 0 spiro atoms. The predicted molar refractivity (Wildman–Crippen MR) is 101 cm³/mol. The van der Waals surface area contributed by atoms with E-state index in [9.17, 15) is 18.5 Å². The molecule has 1 heterocycles. The minimum Gasteiger partial charge on any atom is -0.347 e. The highest BCUT2D eigenvalue weighted by molar-refractivity contribution is 7.99. The van der Waals surface area contributed by atoms with Crippen LogP contribution in [0.25, 0.3) is 0 Å². The predicted octanol–water partition coefficient (Wildman–Crippen LogP) is 2.84. The van der Waals surface area contributed by atoms with Crippen molar-refractivity contribution in [1.82, 2.24) is 5.32 Å². The number of hydrogen-bond acceptors (Lipinski definition) is 5. The molecular weight excluding hydrogens is 392 g/mol. The second-order valence-corrected chi connectivity index (χ2v) is 9.68. The highest BCUT2D eigenvalue weighted by atomic mass is 35.5. The van der Waals surface area contributed by atoms with Crippen molar-refractivity contribution in [3.05, 3.63) is 59.7 Å². The topological polar surface area (TPSA) is 87.0 Å². The van der Waals surface area contributed by atoms with Gasteiger partial charge in [-0.15, -0.1) is 11.6 Å². The summed E-state index contributed by atoms with van der Waals surface area (Å²) in [5.41, 5.74) is 0.939. The third-order valence-electron chi connectivity index (χ3n) is 3.96. The molecule has 26 heavy (non-hydrogen) atoms. The van der Waals surface area contributed by atoms with Crippen LogP contribution < -0.4 is 5.32 Å². The van der Waals surface area contributed by atoms with Crippen LogP contribution in [0.2, 0.25) is 0 Å². The number of nitrogens with zero attached hydrogens (tertiary/aromatic N) is 1. The van der Waals surface area contributed by atoms with E-state index in [2.05, 4.69) is 11.4 Å². The lowest BCUT2D eigenvalue weighted by Crippen LogP contribution is -2.40.